The van der Waals surface area contributed by atoms with Crippen molar-refractivity contribution in [3.63, 3.8) is 0 Å². The first-order chi connectivity index (χ1) is 10.9. The number of hydrogen-bond acceptors (Lipinski definition) is 4. The highest BCUT2D eigenvalue weighted by Crippen LogP contribution is 2.12. The van der Waals surface area contributed by atoms with Crippen LogP contribution in [0.3, 0.4) is 0 Å². The van der Waals surface area contributed by atoms with Crippen molar-refractivity contribution in [1.82, 2.24) is 4.57 Å². The van der Waals surface area contributed by atoms with Crippen LogP contribution in [0.1, 0.15) is 27.8 Å². The van der Waals surface area contributed by atoms with Crippen molar-refractivity contribution in [2.75, 3.05) is 11.9 Å². The standard InChI is InChI=1S/C16H15FN2O4/c1-10(20)11-7-14(19(2)8-11)16(22)23-9-15(21)18-13-6-4-3-5-12(13)17/h3-8H,9H2,1-2H3,(H,18,21). The highest BCUT2D eigenvalue weighted by atomic mass is 19.1. The second-order valence-electron chi connectivity index (χ2n) is 4.89. The van der Waals surface area contributed by atoms with Gasteiger partial charge in [0.2, 0.25) is 0 Å². The lowest BCUT2D eigenvalue weighted by atomic mass is 10.2. The van der Waals surface area contributed by atoms with Crippen LogP contribution >= 0.6 is 0 Å². The number of anilines is 1. The molecule has 0 atom stereocenters. The van der Waals surface area contributed by atoms with Crippen LogP contribution in [0.25, 0.3) is 0 Å². The lowest BCUT2D eigenvalue weighted by Crippen LogP contribution is -2.22. The molecular formula is C16H15FN2O4. The van der Waals surface area contributed by atoms with Crippen LogP contribution < -0.4 is 5.32 Å². The zero-order chi connectivity index (χ0) is 17.0. The Bertz CT molecular complexity index is 767. The van der Waals surface area contributed by atoms with E-state index in [4.69, 9.17) is 4.74 Å². The number of halogens is 1. The van der Waals surface area contributed by atoms with E-state index >= 15 is 0 Å². The molecule has 0 aliphatic rings. The number of Topliss-reactive ketones (excluding diaryl/α,β-unsaturated/α-hetero) is 1. The third-order valence-electron chi connectivity index (χ3n) is 3.10. The van der Waals surface area contributed by atoms with Gasteiger partial charge in [0.25, 0.3) is 5.91 Å². The second-order valence-corrected chi connectivity index (χ2v) is 4.89. The first-order valence-corrected chi connectivity index (χ1v) is 6.77. The predicted molar refractivity (Wildman–Crippen MR) is 80.7 cm³/mol. The fourth-order valence-electron chi connectivity index (χ4n) is 1.91. The van der Waals surface area contributed by atoms with Crippen molar-refractivity contribution in [3.8, 4) is 0 Å². The Hall–Kier alpha value is -2.96. The van der Waals surface area contributed by atoms with Crippen LogP contribution in [0.15, 0.2) is 36.5 Å². The maximum atomic E-state index is 13.4. The van der Waals surface area contributed by atoms with Gasteiger partial charge in [0.05, 0.1) is 5.69 Å². The molecule has 0 spiro atoms. The summed E-state index contributed by atoms with van der Waals surface area (Å²) in [5.74, 6) is -2.18. The molecule has 6 nitrogen and oxygen atoms in total. The number of carbonyl (C=O) groups is 3. The van der Waals surface area contributed by atoms with Gasteiger partial charge in [-0.15, -0.1) is 0 Å². The van der Waals surface area contributed by atoms with E-state index in [2.05, 4.69) is 5.32 Å². The molecule has 0 aliphatic carbocycles. The number of nitrogens with one attached hydrogen (secondary N) is 1. The lowest BCUT2D eigenvalue weighted by Gasteiger charge is -2.07. The minimum absolute atomic E-state index is 0.00582. The maximum Gasteiger partial charge on any atom is 0.355 e. The van der Waals surface area contributed by atoms with Gasteiger partial charge in [0.15, 0.2) is 12.4 Å². The summed E-state index contributed by atoms with van der Waals surface area (Å²) < 4.78 is 19.7. The normalized spacial score (nSPS) is 10.2. The number of aromatic nitrogens is 1. The van der Waals surface area contributed by atoms with E-state index in [1.54, 1.807) is 13.1 Å². The SMILES string of the molecule is CC(=O)c1cc(C(=O)OCC(=O)Nc2ccccc2F)n(C)c1. The molecule has 0 bridgehead atoms. The van der Waals surface area contributed by atoms with Gasteiger partial charge in [-0.1, -0.05) is 12.1 Å². The van der Waals surface area contributed by atoms with E-state index < -0.39 is 24.3 Å². The van der Waals surface area contributed by atoms with Crippen LogP contribution in [0.5, 0.6) is 0 Å². The van der Waals surface area contributed by atoms with Gasteiger partial charge >= 0.3 is 5.97 Å². The first-order valence-electron chi connectivity index (χ1n) is 6.77. The zero-order valence-corrected chi connectivity index (χ0v) is 12.6. The monoisotopic (exact) mass is 318 g/mol. The number of amides is 1. The van der Waals surface area contributed by atoms with Gasteiger partial charge in [0.1, 0.15) is 11.5 Å². The molecule has 1 N–H and O–H groups in total. The summed E-state index contributed by atoms with van der Waals surface area (Å²) in [5, 5.41) is 2.30. The molecule has 2 aromatic rings. The average Bonchev–Trinajstić information content (AvgIpc) is 2.89. The number of hydrogen-bond donors (Lipinski definition) is 1. The van der Waals surface area contributed by atoms with E-state index in [1.807, 2.05) is 0 Å². The number of ketones is 1. The van der Waals surface area contributed by atoms with Crippen LogP contribution in [-0.2, 0) is 16.6 Å². The molecule has 1 amide bonds. The van der Waals surface area contributed by atoms with Gasteiger partial charge in [-0.05, 0) is 25.1 Å². The third-order valence-corrected chi connectivity index (χ3v) is 3.10. The molecule has 2 rings (SSSR count). The van der Waals surface area contributed by atoms with Gasteiger partial charge < -0.3 is 14.6 Å². The maximum absolute atomic E-state index is 13.4. The van der Waals surface area contributed by atoms with Gasteiger partial charge in [0, 0.05) is 18.8 Å². The van der Waals surface area contributed by atoms with Crippen molar-refractivity contribution in [2.45, 2.75) is 6.92 Å². The van der Waals surface area contributed by atoms with Gasteiger partial charge in [-0.2, -0.15) is 0 Å². The third kappa shape index (κ3) is 4.03. The summed E-state index contributed by atoms with van der Waals surface area (Å²) in [5.41, 5.74) is 0.524. The van der Waals surface area contributed by atoms with Crippen molar-refractivity contribution in [1.29, 1.82) is 0 Å². The molecule has 1 aromatic heterocycles. The number of benzene rings is 1. The summed E-state index contributed by atoms with van der Waals surface area (Å²) in [4.78, 5) is 34.9. The van der Waals surface area contributed by atoms with Crippen LogP contribution in [-0.4, -0.2) is 28.8 Å². The zero-order valence-electron chi connectivity index (χ0n) is 12.6. The molecule has 120 valence electrons. The number of esters is 1. The Balaban J connectivity index is 1.95. The Kier molecular flexibility index (Phi) is 4.90. The van der Waals surface area contributed by atoms with E-state index in [0.717, 1.165) is 0 Å². The number of para-hydroxylation sites is 1. The second kappa shape index (κ2) is 6.87. The molecular weight excluding hydrogens is 303 g/mol. The van der Waals surface area contributed by atoms with E-state index in [1.165, 1.54) is 42.0 Å². The highest BCUT2D eigenvalue weighted by molar-refractivity contribution is 5.98. The van der Waals surface area contributed by atoms with Crippen molar-refractivity contribution >= 4 is 23.3 Å². The molecule has 0 fully saturated rings. The minimum Gasteiger partial charge on any atom is -0.451 e. The molecule has 0 aliphatic heterocycles. The fourth-order valence-corrected chi connectivity index (χ4v) is 1.91. The largest absolute Gasteiger partial charge is 0.451 e. The molecule has 1 heterocycles. The van der Waals surface area contributed by atoms with Crippen LogP contribution in [0, 0.1) is 5.82 Å². The Morgan fingerprint density at radius 1 is 1.26 bits per heavy atom. The quantitative estimate of drug-likeness (QED) is 0.677. The summed E-state index contributed by atoms with van der Waals surface area (Å²) >= 11 is 0. The number of rotatable bonds is 5. The molecule has 23 heavy (non-hydrogen) atoms. The summed E-state index contributed by atoms with van der Waals surface area (Å²) in [6.45, 7) is 0.819. The number of nitrogens with zero attached hydrogens (tertiary/aromatic N) is 1. The summed E-state index contributed by atoms with van der Waals surface area (Å²) in [6.07, 6.45) is 1.50. The lowest BCUT2D eigenvalue weighted by molar-refractivity contribution is -0.119. The van der Waals surface area contributed by atoms with Crippen LogP contribution in [0.4, 0.5) is 10.1 Å². The van der Waals surface area contributed by atoms with Crippen molar-refractivity contribution in [2.24, 2.45) is 7.05 Å². The molecule has 0 unspecified atom stereocenters. The Labute approximate surface area is 131 Å². The molecule has 1 aromatic carbocycles. The Morgan fingerprint density at radius 2 is 1.96 bits per heavy atom. The molecule has 0 radical (unpaired) electrons. The minimum atomic E-state index is -0.747. The van der Waals surface area contributed by atoms with Crippen LogP contribution in [0.2, 0.25) is 0 Å². The molecule has 0 saturated heterocycles. The molecule has 7 heteroatoms. The predicted octanol–water partition coefficient (Wildman–Crippen LogP) is 2.16. The van der Waals surface area contributed by atoms with Crippen molar-refractivity contribution < 1.29 is 23.5 Å². The summed E-state index contributed by atoms with van der Waals surface area (Å²) in [7, 11) is 1.59. The topological polar surface area (TPSA) is 77.4 Å². The van der Waals surface area contributed by atoms with Gasteiger partial charge in [-0.25, -0.2) is 9.18 Å². The summed E-state index contributed by atoms with van der Waals surface area (Å²) in [6, 6.07) is 7.05. The van der Waals surface area contributed by atoms with E-state index in [9.17, 15) is 18.8 Å². The van der Waals surface area contributed by atoms with E-state index in [0.29, 0.717) is 5.56 Å². The van der Waals surface area contributed by atoms with Gasteiger partial charge in [-0.3, -0.25) is 9.59 Å². The average molecular weight is 318 g/mol. The van der Waals surface area contributed by atoms with E-state index in [-0.39, 0.29) is 17.2 Å². The van der Waals surface area contributed by atoms with Crippen molar-refractivity contribution in [3.05, 3.63) is 53.6 Å². The highest BCUT2D eigenvalue weighted by Gasteiger charge is 2.16. The number of ether oxygens (including phenoxy) is 1. The number of carbonyl (C=O) groups excluding carboxylic acids is 3. The Morgan fingerprint density at radius 3 is 2.57 bits per heavy atom. The number of aryl methyl sites for hydroxylation is 1. The fraction of sp³-hybridized carbons (Fsp3) is 0.188. The first kappa shape index (κ1) is 16.4. The molecule has 0 saturated carbocycles. The smallest absolute Gasteiger partial charge is 0.355 e.